The largest absolute Gasteiger partial charge is 0.460 e. The number of carbonyl (C=O) groups is 2. The lowest BCUT2D eigenvalue weighted by Gasteiger charge is -2.68. The molecule has 42 heavy (non-hydrogen) atoms. The van der Waals surface area contributed by atoms with Gasteiger partial charge in [0.05, 0.1) is 35.6 Å². The van der Waals surface area contributed by atoms with Gasteiger partial charge in [-0.15, -0.1) is 5.10 Å². The molecule has 2 bridgehead atoms. The zero-order valence-corrected chi connectivity index (χ0v) is 25.0. The van der Waals surface area contributed by atoms with Gasteiger partial charge in [0.2, 0.25) is 0 Å². The molecule has 1 atom stereocenters. The Morgan fingerprint density at radius 2 is 1.86 bits per heavy atom. The van der Waals surface area contributed by atoms with Crippen LogP contribution in [-0.4, -0.2) is 79.8 Å². The molecule has 2 aromatic heterocycles. The molecule has 3 heterocycles. The van der Waals surface area contributed by atoms with Gasteiger partial charge in [-0.3, -0.25) is 4.79 Å². The monoisotopic (exact) mass is 592 g/mol. The van der Waals surface area contributed by atoms with Gasteiger partial charge in [0.25, 0.3) is 5.92 Å². The van der Waals surface area contributed by atoms with Gasteiger partial charge >= 0.3 is 12.1 Å². The third-order valence-electron chi connectivity index (χ3n) is 8.43. The fraction of sp³-hybridized carbons (Fsp3) is 0.690. The molecule has 0 N–H and O–H groups in total. The fourth-order valence-electron chi connectivity index (χ4n) is 6.45. The van der Waals surface area contributed by atoms with Crippen molar-refractivity contribution >= 4 is 17.7 Å². The van der Waals surface area contributed by atoms with E-state index < -0.39 is 47.3 Å². The van der Waals surface area contributed by atoms with E-state index in [4.69, 9.17) is 14.5 Å². The first kappa shape index (κ1) is 30.1. The summed E-state index contributed by atoms with van der Waals surface area (Å²) in [5, 5.41) is 8.30. The normalized spacial score (nSPS) is 26.2. The molecule has 0 aromatic carbocycles. The Balaban J connectivity index is 1.30. The quantitative estimate of drug-likeness (QED) is 0.401. The van der Waals surface area contributed by atoms with Crippen LogP contribution in [0.2, 0.25) is 0 Å². The number of aryl methyl sites for hydroxylation is 2. The SMILES string of the molecule is CCc1nc(-c2nnn(C)c2COC(=O)N(C)C23CC(F)(C2)C3)ccc1N1C[C@@H](CC(=O)OC(C)(C)C)CC(F)(F)C1. The molecule has 3 saturated carbocycles. The Labute approximate surface area is 243 Å². The van der Waals surface area contributed by atoms with Gasteiger partial charge in [0.1, 0.15) is 29.3 Å². The van der Waals surface area contributed by atoms with E-state index in [1.165, 1.54) is 9.58 Å². The van der Waals surface area contributed by atoms with Crippen LogP contribution < -0.4 is 4.90 Å². The predicted octanol–water partition coefficient (Wildman–Crippen LogP) is 4.85. The molecule has 4 fully saturated rings. The summed E-state index contributed by atoms with van der Waals surface area (Å²) in [6, 6.07) is 3.43. The first-order chi connectivity index (χ1) is 19.5. The summed E-state index contributed by atoms with van der Waals surface area (Å²) in [6.07, 6.45) is 0.454. The molecule has 0 radical (unpaired) electrons. The van der Waals surface area contributed by atoms with E-state index in [0.717, 1.165) is 0 Å². The second-order valence-electron chi connectivity index (χ2n) is 13.1. The summed E-state index contributed by atoms with van der Waals surface area (Å²) >= 11 is 0. The molecule has 1 saturated heterocycles. The van der Waals surface area contributed by atoms with Crippen LogP contribution in [0.4, 0.5) is 23.7 Å². The lowest BCUT2D eigenvalue weighted by Crippen LogP contribution is -2.76. The highest BCUT2D eigenvalue weighted by Gasteiger charge is 2.72. The maximum absolute atomic E-state index is 14.8. The van der Waals surface area contributed by atoms with Crippen molar-refractivity contribution in [3.8, 4) is 11.4 Å². The summed E-state index contributed by atoms with van der Waals surface area (Å²) < 4.78 is 56.1. The van der Waals surface area contributed by atoms with Crippen LogP contribution in [0.5, 0.6) is 0 Å². The van der Waals surface area contributed by atoms with Gasteiger partial charge in [0, 0.05) is 46.3 Å². The predicted molar refractivity (Wildman–Crippen MR) is 148 cm³/mol. The second kappa shape index (κ2) is 10.4. The number of carbonyl (C=O) groups excluding carboxylic acids is 2. The molecule has 1 amide bonds. The van der Waals surface area contributed by atoms with Crippen molar-refractivity contribution in [2.45, 2.75) is 95.6 Å². The van der Waals surface area contributed by atoms with Crippen LogP contribution in [0.3, 0.4) is 0 Å². The van der Waals surface area contributed by atoms with Gasteiger partial charge in [0.15, 0.2) is 0 Å². The summed E-state index contributed by atoms with van der Waals surface area (Å²) in [5.41, 5.74) is 0.281. The van der Waals surface area contributed by atoms with E-state index in [1.54, 1.807) is 51.9 Å². The third kappa shape index (κ3) is 5.92. The lowest BCUT2D eigenvalue weighted by molar-refractivity contribution is -0.211. The van der Waals surface area contributed by atoms with Crippen LogP contribution in [0.25, 0.3) is 11.4 Å². The number of halogens is 3. The molecule has 10 nitrogen and oxygen atoms in total. The van der Waals surface area contributed by atoms with Crippen LogP contribution in [0, 0.1) is 5.92 Å². The van der Waals surface area contributed by atoms with Gasteiger partial charge < -0.3 is 19.3 Å². The van der Waals surface area contributed by atoms with Crippen molar-refractivity contribution in [3.63, 3.8) is 0 Å². The van der Waals surface area contributed by atoms with Crippen molar-refractivity contribution < 1.29 is 32.2 Å². The molecule has 13 heteroatoms. The van der Waals surface area contributed by atoms with E-state index in [-0.39, 0.29) is 26.0 Å². The number of aromatic nitrogens is 4. The third-order valence-corrected chi connectivity index (χ3v) is 8.43. The number of amides is 1. The fourth-order valence-corrected chi connectivity index (χ4v) is 6.45. The smallest absolute Gasteiger partial charge is 0.410 e. The van der Waals surface area contributed by atoms with Crippen LogP contribution in [0.15, 0.2) is 12.1 Å². The van der Waals surface area contributed by atoms with Crippen molar-refractivity contribution in [3.05, 3.63) is 23.5 Å². The van der Waals surface area contributed by atoms with Crippen LogP contribution in [0.1, 0.15) is 71.2 Å². The molecular formula is C29H39F3N6O4. The van der Waals surface area contributed by atoms with E-state index >= 15 is 0 Å². The Hall–Kier alpha value is -3.38. The van der Waals surface area contributed by atoms with Crippen molar-refractivity contribution in [1.82, 2.24) is 24.9 Å². The van der Waals surface area contributed by atoms with E-state index in [2.05, 4.69) is 10.3 Å². The number of hydrogen-bond acceptors (Lipinski definition) is 8. The summed E-state index contributed by atoms with van der Waals surface area (Å²) in [7, 11) is 3.30. The molecule has 0 unspecified atom stereocenters. The van der Waals surface area contributed by atoms with Crippen molar-refractivity contribution in [2.24, 2.45) is 13.0 Å². The Bertz CT molecular complexity index is 1350. The topological polar surface area (TPSA) is 103 Å². The molecule has 1 aliphatic heterocycles. The maximum atomic E-state index is 14.8. The molecular weight excluding hydrogens is 553 g/mol. The highest BCUT2D eigenvalue weighted by molar-refractivity contribution is 5.71. The number of esters is 1. The minimum Gasteiger partial charge on any atom is -0.460 e. The summed E-state index contributed by atoms with van der Waals surface area (Å²) in [5.74, 6) is -4.05. The summed E-state index contributed by atoms with van der Waals surface area (Å²) in [4.78, 5) is 32.9. The number of nitrogens with zero attached hydrogens (tertiary/aromatic N) is 6. The van der Waals surface area contributed by atoms with E-state index in [1.807, 2.05) is 6.92 Å². The van der Waals surface area contributed by atoms with Gasteiger partial charge in [-0.25, -0.2) is 27.6 Å². The maximum Gasteiger partial charge on any atom is 0.410 e. The number of piperidine rings is 1. The molecule has 2 aromatic rings. The standard InChI is InChI=1S/C29H39F3N6O4/c1-7-19-21(38-12-18(11-29(31,32)17-38)10-23(39)42-26(2,3)4)9-8-20(33-19)24-22(37(6)35-34-24)13-41-25(40)36(5)28-14-27(30,15-28)16-28/h8-9,18H,7,10-17H2,1-6H3/t18-,27?,28?/m0/s1. The molecule has 4 aliphatic rings. The Kier molecular flexibility index (Phi) is 7.46. The molecule has 3 aliphatic carbocycles. The van der Waals surface area contributed by atoms with Crippen LogP contribution >= 0.6 is 0 Å². The second-order valence-corrected chi connectivity index (χ2v) is 13.1. The van der Waals surface area contributed by atoms with Crippen molar-refractivity contribution in [1.29, 1.82) is 0 Å². The zero-order chi connectivity index (χ0) is 30.7. The van der Waals surface area contributed by atoms with E-state index in [0.29, 0.717) is 54.1 Å². The number of alkyl halides is 3. The zero-order valence-electron chi connectivity index (χ0n) is 25.0. The van der Waals surface area contributed by atoms with Gasteiger partial charge in [-0.1, -0.05) is 12.1 Å². The number of pyridine rings is 1. The molecule has 6 rings (SSSR count). The minimum absolute atomic E-state index is 0.0943. The van der Waals surface area contributed by atoms with Gasteiger partial charge in [-0.05, 0) is 45.2 Å². The van der Waals surface area contributed by atoms with Crippen LogP contribution in [-0.2, 0) is 34.3 Å². The highest BCUT2D eigenvalue weighted by Crippen LogP contribution is 2.65. The first-order valence-corrected chi connectivity index (χ1v) is 14.3. The average molecular weight is 593 g/mol. The Morgan fingerprint density at radius 3 is 2.48 bits per heavy atom. The van der Waals surface area contributed by atoms with Crippen molar-refractivity contribution in [2.75, 3.05) is 25.0 Å². The number of ether oxygens (including phenoxy) is 2. The number of rotatable bonds is 8. The number of anilines is 1. The Morgan fingerprint density at radius 1 is 1.17 bits per heavy atom. The number of hydrogen-bond donors (Lipinski definition) is 0. The minimum atomic E-state index is -2.98. The average Bonchev–Trinajstić information content (AvgIpc) is 3.21. The van der Waals surface area contributed by atoms with E-state index in [9.17, 15) is 22.8 Å². The molecule has 0 spiro atoms. The highest BCUT2D eigenvalue weighted by atomic mass is 19.3. The molecule has 230 valence electrons. The summed E-state index contributed by atoms with van der Waals surface area (Å²) in [6.45, 7) is 6.81. The van der Waals surface area contributed by atoms with Gasteiger partial charge in [-0.2, -0.15) is 0 Å². The first-order valence-electron chi connectivity index (χ1n) is 14.3. The lowest BCUT2D eigenvalue weighted by atomic mass is 9.47.